The molecule has 6 amide bonds. The summed E-state index contributed by atoms with van der Waals surface area (Å²) in [6.07, 6.45) is 2.93. The van der Waals surface area contributed by atoms with E-state index in [2.05, 4.69) is 32.5 Å². The predicted octanol–water partition coefficient (Wildman–Crippen LogP) is 10.2. The Labute approximate surface area is 545 Å². The summed E-state index contributed by atoms with van der Waals surface area (Å²) in [6.45, 7) is 8.68. The Morgan fingerprint density at radius 3 is 2.01 bits per heavy atom. The number of nitrogens with zero attached hydrogens (tertiary/aromatic N) is 10. The number of hydrogen-bond donors (Lipinski definition) is 3. The fraction of sp³-hybridized carbons (Fsp3) is 0.304. The van der Waals surface area contributed by atoms with Gasteiger partial charge >= 0.3 is 12.4 Å². The highest BCUT2D eigenvalue weighted by molar-refractivity contribution is 6.06. The van der Waals surface area contributed by atoms with E-state index in [4.69, 9.17) is 10.2 Å². The number of benzene rings is 4. The monoisotopic (exact) mass is 1320 g/mol. The molecule has 96 heavy (non-hydrogen) atoms. The van der Waals surface area contributed by atoms with Crippen LogP contribution >= 0.6 is 0 Å². The first kappa shape index (κ1) is 67.0. The van der Waals surface area contributed by atoms with E-state index in [1.807, 2.05) is 24.3 Å². The number of nitrogens with one attached hydrogen (secondary N) is 3. The van der Waals surface area contributed by atoms with Crippen LogP contribution in [0, 0.1) is 11.6 Å². The molecule has 0 radical (unpaired) electrons. The van der Waals surface area contributed by atoms with Crippen LogP contribution in [0.3, 0.4) is 0 Å². The smallest absolute Gasteiger partial charge is 0.344 e. The minimum atomic E-state index is -5.14. The van der Waals surface area contributed by atoms with Gasteiger partial charge in [-0.3, -0.25) is 43.5 Å². The van der Waals surface area contributed by atoms with Gasteiger partial charge in [0.1, 0.15) is 35.4 Å². The maximum absolute atomic E-state index is 15.3. The molecule has 0 bridgehead atoms. The molecule has 3 aliphatic heterocycles. The number of allylic oxidation sites excluding steroid dienone is 4. The van der Waals surface area contributed by atoms with E-state index in [1.165, 1.54) is 67.9 Å². The summed E-state index contributed by atoms with van der Waals surface area (Å²) in [5.74, 6) is -9.21. The number of carbonyl (C=O) groups is 6. The maximum Gasteiger partial charge on any atom is 0.433 e. The molecule has 3 N–H and O–H groups in total. The van der Waals surface area contributed by atoms with Crippen molar-refractivity contribution in [2.24, 2.45) is 0 Å². The number of amides is 6. The normalized spacial score (nSPS) is 19.8. The second-order valence-corrected chi connectivity index (χ2v) is 23.6. The number of rotatable bonds is 19. The third-order valence-electron chi connectivity index (χ3n) is 17.5. The molecule has 0 spiro atoms. The summed E-state index contributed by atoms with van der Waals surface area (Å²) in [6, 6.07) is 18.7. The first-order valence-electron chi connectivity index (χ1n) is 30.9. The molecule has 19 nitrogen and oxygen atoms in total. The molecular weight excluding hydrogens is 1260 g/mol. The minimum Gasteiger partial charge on any atom is -0.344 e. The van der Waals surface area contributed by atoms with Gasteiger partial charge in [0.25, 0.3) is 23.6 Å². The van der Waals surface area contributed by atoms with Crippen LogP contribution in [0.5, 0.6) is 0 Å². The lowest BCUT2D eigenvalue weighted by molar-refractivity contribution is -0.142. The van der Waals surface area contributed by atoms with Crippen molar-refractivity contribution < 1.29 is 63.9 Å². The van der Waals surface area contributed by atoms with Crippen LogP contribution in [0.25, 0.3) is 5.69 Å². The van der Waals surface area contributed by atoms with E-state index < -0.39 is 118 Å². The fourth-order valence-corrected chi connectivity index (χ4v) is 13.0. The van der Waals surface area contributed by atoms with E-state index in [9.17, 15) is 50.7 Å². The van der Waals surface area contributed by atoms with Crippen LogP contribution in [0.4, 0.5) is 46.8 Å². The van der Waals surface area contributed by atoms with E-state index in [0.29, 0.717) is 51.9 Å². The zero-order chi connectivity index (χ0) is 68.5. The zero-order valence-corrected chi connectivity index (χ0v) is 52.3. The topological polar surface area (TPSA) is 213 Å². The van der Waals surface area contributed by atoms with Gasteiger partial charge in [-0.05, 0) is 112 Å². The highest BCUT2D eigenvalue weighted by Gasteiger charge is 2.50. The lowest BCUT2D eigenvalue weighted by atomic mass is 9.80. The van der Waals surface area contributed by atoms with Gasteiger partial charge in [-0.15, -0.1) is 0 Å². The summed E-state index contributed by atoms with van der Waals surface area (Å²) in [7, 11) is 1.72. The molecule has 7 atom stereocenters. The van der Waals surface area contributed by atoms with Crippen LogP contribution in [0.1, 0.15) is 135 Å². The van der Waals surface area contributed by atoms with Gasteiger partial charge in [-0.2, -0.15) is 36.5 Å². The zero-order valence-electron chi connectivity index (χ0n) is 52.3. The fourth-order valence-electron chi connectivity index (χ4n) is 13.0. The molecular formula is C69H65F8N13O6. The van der Waals surface area contributed by atoms with Crippen molar-refractivity contribution in [3.8, 4) is 5.69 Å². The molecule has 4 aliphatic rings. The molecule has 0 saturated carbocycles. The third kappa shape index (κ3) is 13.5. The van der Waals surface area contributed by atoms with Crippen LogP contribution in [0.2, 0.25) is 0 Å². The van der Waals surface area contributed by atoms with Gasteiger partial charge < -0.3 is 20.9 Å². The number of alkyl halides is 6. The summed E-state index contributed by atoms with van der Waals surface area (Å²) in [5.41, 5.74) is -0.502. The summed E-state index contributed by atoms with van der Waals surface area (Å²) in [4.78, 5) is 98.7. The Morgan fingerprint density at radius 2 is 1.41 bits per heavy atom. The van der Waals surface area contributed by atoms with Crippen LogP contribution in [-0.2, 0) is 38.1 Å². The molecule has 11 rings (SSSR count). The number of carbonyl (C=O) groups excluding carboxylic acids is 6. The van der Waals surface area contributed by atoms with E-state index in [1.54, 1.807) is 73.8 Å². The van der Waals surface area contributed by atoms with Crippen molar-refractivity contribution in [3.05, 3.63) is 232 Å². The number of fused-ring (bicyclic) bond motifs is 2. The first-order chi connectivity index (χ1) is 45.9. The SMILES string of the molecule is C=CC(=O)N[C@H](C)c1nn(-c2ccccc2)c2c1[C@H](c1ccc(F)cc1)[C@@H](NC(=O)c1ncc(C3CCN(C(=O)/C=C/CN(C)Cc4nn(C5C=CC=CC5)c5c4[C@H](c4ccc(F)cc4)[C@H](NC(=O)c4cccc(C(F)(F)F)c4)C(=O)N5CC)C3)c(C(F)(F)F)n1)C(=O)N2CC. The molecule has 498 valence electrons. The second kappa shape index (κ2) is 27.5. The van der Waals surface area contributed by atoms with Gasteiger partial charge in [-0.25, -0.2) is 28.1 Å². The van der Waals surface area contributed by atoms with Crippen LogP contribution in [0.15, 0.2) is 158 Å². The van der Waals surface area contributed by atoms with Crippen molar-refractivity contribution in [3.63, 3.8) is 0 Å². The number of anilines is 2. The highest BCUT2D eigenvalue weighted by atomic mass is 19.4. The number of hydrogen-bond acceptors (Lipinski definition) is 11. The van der Waals surface area contributed by atoms with E-state index in [0.717, 1.165) is 36.5 Å². The number of likely N-dealkylation sites (N-methyl/N-ethyl adjacent to an activating group) is 3. The highest BCUT2D eigenvalue weighted by Crippen LogP contribution is 2.48. The number of halogens is 8. The van der Waals surface area contributed by atoms with Crippen molar-refractivity contribution in [1.82, 2.24) is 55.3 Å². The molecule has 3 aromatic heterocycles. The van der Waals surface area contributed by atoms with Gasteiger partial charge in [0.05, 0.1) is 34.7 Å². The third-order valence-corrected chi connectivity index (χ3v) is 17.5. The first-order valence-corrected chi connectivity index (χ1v) is 30.9. The Bertz CT molecular complexity index is 4240. The van der Waals surface area contributed by atoms with E-state index in [-0.39, 0.29) is 68.3 Å². The predicted molar refractivity (Wildman–Crippen MR) is 337 cm³/mol. The molecule has 1 saturated heterocycles. The van der Waals surface area contributed by atoms with E-state index >= 15 is 13.2 Å². The Kier molecular flexibility index (Phi) is 19.2. The lowest BCUT2D eigenvalue weighted by Gasteiger charge is -2.39. The minimum absolute atomic E-state index is 0.0142. The Morgan fingerprint density at radius 1 is 0.771 bits per heavy atom. The van der Waals surface area contributed by atoms with Crippen molar-refractivity contribution in [2.45, 2.75) is 94.4 Å². The average Bonchev–Trinajstić information content (AvgIpc) is 1.53. The van der Waals surface area contributed by atoms with Gasteiger partial charge in [0.15, 0.2) is 5.69 Å². The standard InChI is InChI=1S/C69H65F8N13O6/c1-6-51(91)79-39(4)57-56-54(41-26-30-46(71)31-27-41)59(67(96)88(8-3)65(56)90(84-57)48-21-13-10-14-22-48)81-63(94)61-78-36-49(60(82-61)69(75,76)77)43-32-34-86(37-43)52(92)23-16-33-85(5)38-50-55-53(40-24-28-45(70)29-25-40)58(80-62(93)42-17-15-18-44(35-42)68(72,73)74)66(95)87(7-2)64(55)89(83-50)47-19-11-9-12-20-47/h6,9-19,21-31,35-36,39,43,47,53-54,58-59H,1,7-8,20,32-34,37-38H2,2-5H3,(H,79,91)(H,80,93)(H,81,94)/b23-16+/t39-,43?,47?,53+,54+,58+,59-/m1/s1. The molecule has 1 fully saturated rings. The summed E-state index contributed by atoms with van der Waals surface area (Å²) >= 11 is 0. The largest absolute Gasteiger partial charge is 0.433 e. The maximum atomic E-state index is 15.3. The van der Waals surface area contributed by atoms with Crippen LogP contribution in [-0.4, -0.2) is 127 Å². The molecule has 4 aromatic carbocycles. The summed E-state index contributed by atoms with van der Waals surface area (Å²) in [5, 5.41) is 18.1. The number of para-hydroxylation sites is 1. The van der Waals surface area contributed by atoms with Gasteiger partial charge in [-0.1, -0.05) is 85.5 Å². The molecule has 7 aromatic rings. The number of likely N-dealkylation sites (tertiary alicyclic amines) is 1. The Balaban J connectivity index is 0.832. The lowest BCUT2D eigenvalue weighted by Crippen LogP contribution is -2.56. The van der Waals surface area contributed by atoms with Gasteiger partial charge in [0, 0.05) is 91.5 Å². The Hall–Kier alpha value is -10.4. The average molecular weight is 1320 g/mol. The van der Waals surface area contributed by atoms with Gasteiger partial charge in [0.2, 0.25) is 17.6 Å². The molecule has 1 aliphatic carbocycles. The number of aromatic nitrogens is 6. The van der Waals surface area contributed by atoms with Crippen molar-refractivity contribution >= 4 is 47.1 Å². The second-order valence-electron chi connectivity index (χ2n) is 23.6. The van der Waals surface area contributed by atoms with Crippen LogP contribution < -0.4 is 25.8 Å². The molecule has 2 unspecified atom stereocenters. The molecule has 27 heteroatoms. The quantitative estimate of drug-likeness (QED) is 0.0512. The van der Waals surface area contributed by atoms with Crippen molar-refractivity contribution in [1.29, 1.82) is 0 Å². The summed E-state index contributed by atoms with van der Waals surface area (Å²) < 4.78 is 120. The molecule has 6 heterocycles. The van der Waals surface area contributed by atoms with Crippen molar-refractivity contribution in [2.75, 3.05) is 49.6 Å².